The summed E-state index contributed by atoms with van der Waals surface area (Å²) in [6, 6.07) is 27.0. The van der Waals surface area contributed by atoms with E-state index >= 15 is 0 Å². The van der Waals surface area contributed by atoms with Crippen LogP contribution < -0.4 is 5.46 Å². The molecule has 3 aliphatic rings. The van der Waals surface area contributed by atoms with Crippen molar-refractivity contribution >= 4 is 12.6 Å². The third kappa shape index (κ3) is 3.83. The van der Waals surface area contributed by atoms with E-state index in [4.69, 9.17) is 9.31 Å². The zero-order chi connectivity index (χ0) is 26.8. The Morgan fingerprint density at radius 2 is 1.28 bits per heavy atom. The van der Waals surface area contributed by atoms with Gasteiger partial charge in [0.2, 0.25) is 0 Å². The van der Waals surface area contributed by atoms with Crippen LogP contribution in [0.1, 0.15) is 70.9 Å². The molecule has 0 amide bonds. The van der Waals surface area contributed by atoms with Gasteiger partial charge in [0.05, 0.1) is 11.2 Å². The second kappa shape index (κ2) is 8.91. The molecule has 196 valence electrons. The van der Waals surface area contributed by atoms with Gasteiger partial charge >= 0.3 is 7.12 Å². The van der Waals surface area contributed by atoms with Crippen molar-refractivity contribution in [2.24, 2.45) is 0 Å². The van der Waals surface area contributed by atoms with E-state index in [9.17, 15) is 0 Å². The minimum absolute atomic E-state index is 0.0659. The Morgan fingerprint density at radius 1 is 0.641 bits per heavy atom. The van der Waals surface area contributed by atoms with E-state index in [2.05, 4.69) is 99.4 Å². The fraction of sp³-hybridized carbons (Fsp3) is 0.343. The van der Waals surface area contributed by atoms with Gasteiger partial charge in [0.25, 0.3) is 0 Å². The number of pyridine rings is 1. The fourth-order valence-electron chi connectivity index (χ4n) is 7.01. The molecule has 2 fully saturated rings. The average Bonchev–Trinajstić information content (AvgIpc) is 3.34. The smallest absolute Gasteiger partial charge is 0.399 e. The van der Waals surface area contributed by atoms with Gasteiger partial charge in [0, 0.05) is 17.8 Å². The number of benzene rings is 3. The van der Waals surface area contributed by atoms with Gasteiger partial charge < -0.3 is 9.31 Å². The summed E-state index contributed by atoms with van der Waals surface area (Å²) in [5.74, 6) is 0. The van der Waals surface area contributed by atoms with Crippen molar-refractivity contribution in [1.82, 2.24) is 4.98 Å². The minimum atomic E-state index is -0.387. The molecule has 1 saturated carbocycles. The molecule has 1 aliphatic heterocycles. The molecule has 2 aliphatic carbocycles. The molecular weight excluding hydrogens is 477 g/mol. The molecule has 39 heavy (non-hydrogen) atoms. The first kappa shape index (κ1) is 24.8. The van der Waals surface area contributed by atoms with Crippen LogP contribution in [-0.4, -0.2) is 23.3 Å². The van der Waals surface area contributed by atoms with Crippen molar-refractivity contribution in [3.63, 3.8) is 0 Å². The van der Waals surface area contributed by atoms with Gasteiger partial charge in [-0.05, 0) is 109 Å². The maximum atomic E-state index is 6.49. The maximum absolute atomic E-state index is 6.49. The molecule has 2 heterocycles. The number of hydrogen-bond donors (Lipinski definition) is 0. The first-order valence-electron chi connectivity index (χ1n) is 14.4. The largest absolute Gasteiger partial charge is 0.495 e. The molecular formula is C35H36BNO2. The highest BCUT2D eigenvalue weighted by Crippen LogP contribution is 2.57. The van der Waals surface area contributed by atoms with Crippen LogP contribution in [0, 0.1) is 0 Å². The molecule has 1 spiro atoms. The lowest BCUT2D eigenvalue weighted by Crippen LogP contribution is -2.41. The van der Waals surface area contributed by atoms with Crippen molar-refractivity contribution < 1.29 is 9.31 Å². The zero-order valence-electron chi connectivity index (χ0n) is 23.5. The maximum Gasteiger partial charge on any atom is 0.495 e. The topological polar surface area (TPSA) is 31.4 Å². The third-order valence-corrected chi connectivity index (χ3v) is 9.84. The molecule has 1 aromatic heterocycles. The Balaban J connectivity index is 1.35. The molecule has 4 aromatic rings. The van der Waals surface area contributed by atoms with Crippen LogP contribution in [0.5, 0.6) is 0 Å². The lowest BCUT2D eigenvalue weighted by molar-refractivity contribution is 0.00578. The molecule has 7 rings (SSSR count). The second-order valence-corrected chi connectivity index (χ2v) is 12.6. The van der Waals surface area contributed by atoms with Gasteiger partial charge in [-0.1, -0.05) is 73.9 Å². The Hall–Kier alpha value is -3.21. The Bertz CT molecular complexity index is 1540. The summed E-state index contributed by atoms with van der Waals surface area (Å²) in [7, 11) is -0.387. The van der Waals surface area contributed by atoms with Gasteiger partial charge in [0.15, 0.2) is 0 Å². The number of rotatable bonds is 3. The van der Waals surface area contributed by atoms with Crippen molar-refractivity contribution in [3.8, 4) is 33.4 Å². The lowest BCUT2D eigenvalue weighted by atomic mass is 9.67. The minimum Gasteiger partial charge on any atom is -0.399 e. The zero-order valence-corrected chi connectivity index (χ0v) is 23.5. The van der Waals surface area contributed by atoms with Crippen molar-refractivity contribution in [2.75, 3.05) is 0 Å². The summed E-state index contributed by atoms with van der Waals surface area (Å²) in [6.07, 6.45) is 10.1. The molecule has 1 saturated heterocycles. The Labute approximate surface area is 232 Å². The molecule has 0 radical (unpaired) electrons. The summed E-state index contributed by atoms with van der Waals surface area (Å²) in [5, 5.41) is 0. The standard InChI is InChI=1S/C35H36BNO2/c1-33(2)34(3,4)39-36(38-33)32-13-7-6-12-27(32)25-15-17-29-28-16-14-24(26-11-10-20-37-23-26)21-30(28)35(31(29)22-25)18-8-5-9-19-35/h6-7,10-17,20-23H,5,8-9,18-19H2,1-4H3. The normalized spacial score (nSPS) is 20.2. The van der Waals surface area contributed by atoms with Crippen molar-refractivity contribution in [3.05, 3.63) is 96.3 Å². The number of fused-ring (bicyclic) bond motifs is 5. The lowest BCUT2D eigenvalue weighted by Gasteiger charge is -2.36. The quantitative estimate of drug-likeness (QED) is 0.261. The Kier molecular flexibility index (Phi) is 5.67. The molecule has 3 nitrogen and oxygen atoms in total. The van der Waals surface area contributed by atoms with E-state index < -0.39 is 0 Å². The van der Waals surface area contributed by atoms with Crippen LogP contribution in [0.25, 0.3) is 33.4 Å². The number of aromatic nitrogens is 1. The van der Waals surface area contributed by atoms with Crippen LogP contribution in [0.2, 0.25) is 0 Å². The number of nitrogens with zero attached hydrogens (tertiary/aromatic N) is 1. The van der Waals surface area contributed by atoms with Crippen LogP contribution in [0.3, 0.4) is 0 Å². The molecule has 3 aromatic carbocycles. The monoisotopic (exact) mass is 513 g/mol. The molecule has 4 heteroatoms. The highest BCUT2D eigenvalue weighted by atomic mass is 16.7. The van der Waals surface area contributed by atoms with Gasteiger partial charge in [-0.2, -0.15) is 0 Å². The molecule has 0 bridgehead atoms. The third-order valence-electron chi connectivity index (χ3n) is 9.84. The van der Waals surface area contributed by atoms with E-state index in [1.807, 2.05) is 18.5 Å². The van der Waals surface area contributed by atoms with Gasteiger partial charge in [-0.3, -0.25) is 4.98 Å². The van der Waals surface area contributed by atoms with Crippen LogP contribution in [0.15, 0.2) is 85.2 Å². The predicted molar refractivity (Wildman–Crippen MR) is 160 cm³/mol. The highest BCUT2D eigenvalue weighted by Gasteiger charge is 2.52. The molecule has 0 atom stereocenters. The van der Waals surface area contributed by atoms with Crippen LogP contribution >= 0.6 is 0 Å². The average molecular weight is 513 g/mol. The molecule has 0 unspecified atom stereocenters. The van der Waals surface area contributed by atoms with Crippen LogP contribution in [-0.2, 0) is 14.7 Å². The summed E-state index contributed by atoms with van der Waals surface area (Å²) < 4.78 is 13.0. The first-order valence-corrected chi connectivity index (χ1v) is 14.4. The van der Waals surface area contributed by atoms with Crippen molar-refractivity contribution in [2.45, 2.75) is 76.4 Å². The van der Waals surface area contributed by atoms with Crippen LogP contribution in [0.4, 0.5) is 0 Å². The van der Waals surface area contributed by atoms with Crippen molar-refractivity contribution in [1.29, 1.82) is 0 Å². The highest BCUT2D eigenvalue weighted by molar-refractivity contribution is 6.63. The van der Waals surface area contributed by atoms with Gasteiger partial charge in [-0.15, -0.1) is 0 Å². The van der Waals surface area contributed by atoms with Gasteiger partial charge in [-0.25, -0.2) is 0 Å². The second-order valence-electron chi connectivity index (χ2n) is 12.6. The van der Waals surface area contributed by atoms with E-state index in [-0.39, 0.29) is 23.7 Å². The first-order chi connectivity index (χ1) is 18.8. The summed E-state index contributed by atoms with van der Waals surface area (Å²) in [4.78, 5) is 4.38. The predicted octanol–water partition coefficient (Wildman–Crippen LogP) is 7.95. The summed E-state index contributed by atoms with van der Waals surface area (Å²) in [6.45, 7) is 8.48. The Morgan fingerprint density at radius 3 is 1.95 bits per heavy atom. The summed E-state index contributed by atoms with van der Waals surface area (Å²) in [5.41, 5.74) is 11.1. The number of hydrogen-bond acceptors (Lipinski definition) is 3. The van der Waals surface area contributed by atoms with E-state index in [0.29, 0.717) is 0 Å². The van der Waals surface area contributed by atoms with E-state index in [1.54, 1.807) is 0 Å². The molecule has 0 N–H and O–H groups in total. The fourth-order valence-corrected chi connectivity index (χ4v) is 7.01. The van der Waals surface area contributed by atoms with E-state index in [0.717, 1.165) is 5.46 Å². The van der Waals surface area contributed by atoms with Gasteiger partial charge in [0.1, 0.15) is 0 Å². The summed E-state index contributed by atoms with van der Waals surface area (Å²) >= 11 is 0. The SMILES string of the molecule is CC1(C)OB(c2ccccc2-c2ccc3c(c2)C2(CCCCC2)c2cc(-c4cccnc4)ccc2-3)OC1(C)C. The van der Waals surface area contributed by atoms with E-state index in [1.165, 1.54) is 76.6 Å².